The molecule has 1 atom stereocenters. The minimum atomic E-state index is -0.519. The maximum Gasteiger partial charge on any atom is 0.243 e. The van der Waals surface area contributed by atoms with Crippen molar-refractivity contribution in [1.29, 1.82) is 0 Å². The summed E-state index contributed by atoms with van der Waals surface area (Å²) in [7, 11) is 4.73. The Hall–Kier alpha value is -1.79. The molecule has 0 fully saturated rings. The fourth-order valence-electron chi connectivity index (χ4n) is 2.18. The second-order valence-electron chi connectivity index (χ2n) is 4.92. The Morgan fingerprint density at radius 2 is 1.91 bits per heavy atom. The average Bonchev–Trinajstić information content (AvgIpc) is 2.54. The molecule has 1 unspecified atom stereocenters. The number of nitrogens with two attached hydrogens (primary N) is 1. The van der Waals surface area contributed by atoms with Crippen molar-refractivity contribution in [2.75, 3.05) is 39.4 Å². The molecule has 0 spiro atoms. The van der Waals surface area contributed by atoms with Crippen LogP contribution in [0.3, 0.4) is 0 Å². The van der Waals surface area contributed by atoms with Crippen molar-refractivity contribution in [3.8, 4) is 11.5 Å². The zero-order valence-electron chi connectivity index (χ0n) is 13.8. The molecule has 6 nitrogen and oxygen atoms in total. The molecule has 6 heteroatoms. The highest BCUT2D eigenvalue weighted by Gasteiger charge is 2.22. The third-order valence-corrected chi connectivity index (χ3v) is 3.38. The maximum absolute atomic E-state index is 12.6. The summed E-state index contributed by atoms with van der Waals surface area (Å²) in [4.78, 5) is 14.2. The Kier molecular flexibility index (Phi) is 7.70. The number of methoxy groups -OCH3 is 3. The highest BCUT2D eigenvalue weighted by atomic mass is 16.5. The molecule has 0 heterocycles. The molecule has 0 saturated heterocycles. The lowest BCUT2D eigenvalue weighted by Gasteiger charge is -2.26. The minimum absolute atomic E-state index is 0.119. The largest absolute Gasteiger partial charge is 0.493 e. The van der Waals surface area contributed by atoms with Crippen LogP contribution >= 0.6 is 0 Å². The number of rotatable bonds is 9. The molecule has 1 rings (SSSR count). The molecule has 0 radical (unpaired) electrons. The van der Waals surface area contributed by atoms with Gasteiger partial charge in [-0.2, -0.15) is 0 Å². The number of hydrogen-bond acceptors (Lipinski definition) is 5. The third-order valence-electron chi connectivity index (χ3n) is 3.38. The van der Waals surface area contributed by atoms with Crippen molar-refractivity contribution >= 4 is 11.6 Å². The van der Waals surface area contributed by atoms with Crippen molar-refractivity contribution in [1.82, 2.24) is 0 Å². The average molecular weight is 310 g/mol. The molecule has 1 amide bonds. The van der Waals surface area contributed by atoms with Crippen LogP contribution in [0.4, 0.5) is 5.69 Å². The molecule has 0 aliphatic carbocycles. The predicted octanol–water partition coefficient (Wildman–Crippen LogP) is 1.81. The first-order valence-electron chi connectivity index (χ1n) is 7.36. The van der Waals surface area contributed by atoms with Crippen molar-refractivity contribution in [2.45, 2.75) is 25.8 Å². The van der Waals surface area contributed by atoms with Gasteiger partial charge < -0.3 is 24.8 Å². The number of ether oxygens (including phenoxy) is 3. The van der Waals surface area contributed by atoms with E-state index in [9.17, 15) is 4.79 Å². The van der Waals surface area contributed by atoms with Gasteiger partial charge in [-0.3, -0.25) is 4.79 Å². The van der Waals surface area contributed by atoms with Crippen LogP contribution in [0.25, 0.3) is 0 Å². The summed E-state index contributed by atoms with van der Waals surface area (Å²) in [5.41, 5.74) is 6.69. The summed E-state index contributed by atoms with van der Waals surface area (Å²) in [5, 5.41) is 0. The first kappa shape index (κ1) is 18.3. The van der Waals surface area contributed by atoms with Gasteiger partial charge in [0.1, 0.15) is 0 Å². The molecule has 0 aliphatic heterocycles. The third kappa shape index (κ3) is 4.61. The van der Waals surface area contributed by atoms with Crippen molar-refractivity contribution < 1.29 is 19.0 Å². The van der Waals surface area contributed by atoms with Crippen LogP contribution in [0.2, 0.25) is 0 Å². The lowest BCUT2D eigenvalue weighted by atomic mass is 10.1. The molecule has 0 aliphatic rings. The van der Waals surface area contributed by atoms with E-state index in [1.165, 1.54) is 0 Å². The summed E-state index contributed by atoms with van der Waals surface area (Å²) in [6, 6.07) is 4.83. The first-order chi connectivity index (χ1) is 10.6. The SMILES string of the molecule is CCCC(N)C(=O)N(CCOC)c1ccc(OC)c(OC)c1. The smallest absolute Gasteiger partial charge is 0.243 e. The van der Waals surface area contributed by atoms with Crippen LogP contribution in [0.1, 0.15) is 19.8 Å². The molecule has 0 saturated carbocycles. The number of anilines is 1. The monoisotopic (exact) mass is 310 g/mol. The second-order valence-corrected chi connectivity index (χ2v) is 4.92. The van der Waals surface area contributed by atoms with Crippen molar-refractivity contribution in [3.63, 3.8) is 0 Å². The number of nitrogens with zero attached hydrogens (tertiary/aromatic N) is 1. The summed E-state index contributed by atoms with van der Waals surface area (Å²) in [6.07, 6.45) is 1.51. The molecule has 2 N–H and O–H groups in total. The van der Waals surface area contributed by atoms with Crippen LogP contribution in [-0.2, 0) is 9.53 Å². The van der Waals surface area contributed by atoms with E-state index in [0.29, 0.717) is 36.8 Å². The summed E-state index contributed by atoms with van der Waals surface area (Å²) < 4.78 is 15.6. The van der Waals surface area contributed by atoms with Crippen molar-refractivity contribution in [3.05, 3.63) is 18.2 Å². The van der Waals surface area contributed by atoms with Gasteiger partial charge in [0, 0.05) is 25.4 Å². The molecule has 1 aromatic rings. The van der Waals surface area contributed by atoms with Crippen LogP contribution in [0, 0.1) is 0 Å². The second kappa shape index (κ2) is 9.27. The Morgan fingerprint density at radius 1 is 1.23 bits per heavy atom. The van der Waals surface area contributed by atoms with Gasteiger partial charge in [0.2, 0.25) is 5.91 Å². The molecule has 1 aromatic carbocycles. The highest BCUT2D eigenvalue weighted by Crippen LogP contribution is 2.31. The van der Waals surface area contributed by atoms with E-state index in [1.807, 2.05) is 13.0 Å². The number of carbonyl (C=O) groups excluding carboxylic acids is 1. The van der Waals surface area contributed by atoms with E-state index in [4.69, 9.17) is 19.9 Å². The number of hydrogen-bond donors (Lipinski definition) is 1. The molecule has 22 heavy (non-hydrogen) atoms. The zero-order chi connectivity index (χ0) is 16.5. The van der Waals surface area contributed by atoms with E-state index < -0.39 is 6.04 Å². The Bertz CT molecular complexity index is 479. The summed E-state index contributed by atoms with van der Waals surface area (Å²) in [6.45, 7) is 2.87. The van der Waals surface area contributed by atoms with Crippen molar-refractivity contribution in [2.24, 2.45) is 5.73 Å². The van der Waals surface area contributed by atoms with E-state index in [2.05, 4.69) is 0 Å². The lowest BCUT2D eigenvalue weighted by molar-refractivity contribution is -0.120. The van der Waals surface area contributed by atoms with Gasteiger partial charge in [-0.1, -0.05) is 13.3 Å². The Labute approximate surface area is 132 Å². The molecule has 124 valence electrons. The number of carbonyl (C=O) groups is 1. The lowest BCUT2D eigenvalue weighted by Crippen LogP contribution is -2.45. The standard InChI is InChI=1S/C16H26N2O4/c1-5-6-13(17)16(19)18(9-10-20-2)12-7-8-14(21-3)15(11-12)22-4/h7-8,11,13H,5-6,9-10,17H2,1-4H3. The summed E-state index contributed by atoms with van der Waals surface area (Å²) in [5.74, 6) is 1.06. The number of amides is 1. The van der Waals surface area contributed by atoms with E-state index in [-0.39, 0.29) is 5.91 Å². The molecular weight excluding hydrogens is 284 g/mol. The molecule has 0 aromatic heterocycles. The molecular formula is C16H26N2O4. The first-order valence-corrected chi connectivity index (χ1v) is 7.36. The predicted molar refractivity (Wildman–Crippen MR) is 86.7 cm³/mol. The van der Waals surface area contributed by atoms with Gasteiger partial charge in [-0.15, -0.1) is 0 Å². The van der Waals surface area contributed by atoms with E-state index in [0.717, 1.165) is 6.42 Å². The normalized spacial score (nSPS) is 11.9. The molecule has 0 bridgehead atoms. The van der Waals surface area contributed by atoms with Crippen LogP contribution in [0.5, 0.6) is 11.5 Å². The quantitative estimate of drug-likeness (QED) is 0.753. The van der Waals surface area contributed by atoms with E-state index in [1.54, 1.807) is 38.4 Å². The van der Waals surface area contributed by atoms with Gasteiger partial charge in [-0.25, -0.2) is 0 Å². The minimum Gasteiger partial charge on any atom is -0.493 e. The topological polar surface area (TPSA) is 74.0 Å². The van der Waals surface area contributed by atoms with Gasteiger partial charge in [0.25, 0.3) is 0 Å². The van der Waals surface area contributed by atoms with Crippen LogP contribution in [-0.4, -0.2) is 46.4 Å². The van der Waals surface area contributed by atoms with Gasteiger partial charge in [-0.05, 0) is 18.6 Å². The zero-order valence-corrected chi connectivity index (χ0v) is 13.8. The van der Waals surface area contributed by atoms with Gasteiger partial charge >= 0.3 is 0 Å². The fraction of sp³-hybridized carbons (Fsp3) is 0.562. The maximum atomic E-state index is 12.6. The number of benzene rings is 1. The van der Waals surface area contributed by atoms with Crippen LogP contribution < -0.4 is 20.1 Å². The van der Waals surface area contributed by atoms with Gasteiger partial charge in [0.05, 0.1) is 26.9 Å². The highest BCUT2D eigenvalue weighted by molar-refractivity contribution is 5.97. The van der Waals surface area contributed by atoms with Crippen LogP contribution in [0.15, 0.2) is 18.2 Å². The Morgan fingerprint density at radius 3 is 2.45 bits per heavy atom. The van der Waals surface area contributed by atoms with Gasteiger partial charge in [0.15, 0.2) is 11.5 Å². The Balaban J connectivity index is 3.07. The van der Waals surface area contributed by atoms with E-state index >= 15 is 0 Å². The fourth-order valence-corrected chi connectivity index (χ4v) is 2.18. The summed E-state index contributed by atoms with van der Waals surface area (Å²) >= 11 is 0.